The average Bonchev–Trinajstić information content (AvgIpc) is 2.39. The summed E-state index contributed by atoms with van der Waals surface area (Å²) in [5, 5.41) is 0. The Kier molecular flexibility index (Phi) is 7.66. The van der Waals surface area contributed by atoms with Crippen molar-refractivity contribution in [3.63, 3.8) is 0 Å². The summed E-state index contributed by atoms with van der Waals surface area (Å²) in [6.45, 7) is 3.07. The molecule has 0 spiro atoms. The van der Waals surface area contributed by atoms with Gasteiger partial charge < -0.3 is 14.4 Å². The van der Waals surface area contributed by atoms with E-state index in [0.717, 1.165) is 28.8 Å². The number of ether oxygens (including phenoxy) is 2. The fourth-order valence-electron chi connectivity index (χ4n) is 1.61. The first-order valence-electron chi connectivity index (χ1n) is 5.80. The Morgan fingerprint density at radius 2 is 1.78 bits per heavy atom. The maximum absolute atomic E-state index is 5.85. The molecule has 0 bridgehead atoms. The minimum absolute atomic E-state index is 0.511. The first-order valence-corrected chi connectivity index (χ1v) is 7.13. The van der Waals surface area contributed by atoms with Crippen molar-refractivity contribution in [2.75, 3.05) is 45.4 Å². The molecule has 0 amide bonds. The van der Waals surface area contributed by atoms with Gasteiger partial charge in [0, 0.05) is 43.3 Å². The maximum atomic E-state index is 5.85. The second kappa shape index (κ2) is 8.75. The summed E-state index contributed by atoms with van der Waals surface area (Å²) in [5.41, 5.74) is 2.24. The maximum Gasteiger partial charge on any atom is 0.0637 e. The van der Waals surface area contributed by atoms with Gasteiger partial charge in [-0.15, -0.1) is 11.6 Å². The lowest BCUT2D eigenvalue weighted by molar-refractivity contribution is 0.190. The number of halogens is 2. The van der Waals surface area contributed by atoms with Gasteiger partial charge in [-0.1, -0.05) is 22.0 Å². The molecule has 0 atom stereocenters. The zero-order chi connectivity index (χ0) is 13.4. The molecule has 5 heteroatoms. The lowest BCUT2D eigenvalue weighted by Gasteiger charge is -2.24. The number of rotatable bonds is 8. The predicted octanol–water partition coefficient (Wildman–Crippen LogP) is 3.29. The molecule has 18 heavy (non-hydrogen) atoms. The van der Waals surface area contributed by atoms with Crippen LogP contribution in [0.3, 0.4) is 0 Å². The van der Waals surface area contributed by atoms with Crippen LogP contribution in [0.2, 0.25) is 0 Å². The summed E-state index contributed by atoms with van der Waals surface area (Å²) in [6.07, 6.45) is 0. The van der Waals surface area contributed by atoms with Crippen LogP contribution in [-0.4, -0.2) is 40.5 Å². The molecular weight excluding hydrogens is 318 g/mol. The van der Waals surface area contributed by atoms with E-state index in [1.807, 2.05) is 6.07 Å². The molecule has 3 nitrogen and oxygen atoms in total. The lowest BCUT2D eigenvalue weighted by atomic mass is 10.2. The van der Waals surface area contributed by atoms with Crippen LogP contribution in [0, 0.1) is 0 Å². The summed E-state index contributed by atoms with van der Waals surface area (Å²) < 4.78 is 11.3. The van der Waals surface area contributed by atoms with Crippen LogP contribution in [0.15, 0.2) is 22.7 Å². The molecule has 0 aliphatic heterocycles. The highest BCUT2D eigenvalue weighted by atomic mass is 79.9. The number of methoxy groups -OCH3 is 2. The normalized spacial score (nSPS) is 10.7. The fourth-order valence-corrected chi connectivity index (χ4v) is 2.52. The first-order chi connectivity index (χ1) is 8.72. The Labute approximate surface area is 122 Å². The van der Waals surface area contributed by atoms with Crippen LogP contribution in [0.25, 0.3) is 0 Å². The number of hydrogen-bond donors (Lipinski definition) is 0. The van der Waals surface area contributed by atoms with E-state index in [1.54, 1.807) is 14.2 Å². The molecule has 102 valence electrons. The van der Waals surface area contributed by atoms with Crippen LogP contribution in [0.4, 0.5) is 5.69 Å². The molecule has 0 aliphatic carbocycles. The van der Waals surface area contributed by atoms with Gasteiger partial charge in [0.2, 0.25) is 0 Å². The fraction of sp³-hybridized carbons (Fsp3) is 0.538. The van der Waals surface area contributed by atoms with Gasteiger partial charge in [0.15, 0.2) is 0 Å². The highest BCUT2D eigenvalue weighted by Gasteiger charge is 2.08. The first kappa shape index (κ1) is 15.8. The molecule has 0 saturated heterocycles. The molecule has 0 unspecified atom stereocenters. The van der Waals surface area contributed by atoms with Gasteiger partial charge >= 0.3 is 0 Å². The molecule has 0 fully saturated rings. The summed E-state index contributed by atoms with van der Waals surface area (Å²) in [7, 11) is 3.42. The van der Waals surface area contributed by atoms with E-state index in [9.17, 15) is 0 Å². The number of alkyl halides is 1. The Balaban J connectivity index is 2.79. The van der Waals surface area contributed by atoms with Crippen molar-refractivity contribution in [2.24, 2.45) is 0 Å². The number of hydrogen-bond acceptors (Lipinski definition) is 3. The smallest absolute Gasteiger partial charge is 0.0637 e. The van der Waals surface area contributed by atoms with Gasteiger partial charge in [0.05, 0.1) is 13.2 Å². The Bertz CT molecular complexity index is 355. The zero-order valence-electron chi connectivity index (χ0n) is 10.8. The molecule has 0 radical (unpaired) electrons. The van der Waals surface area contributed by atoms with Crippen molar-refractivity contribution in [3.05, 3.63) is 28.2 Å². The summed E-state index contributed by atoms with van der Waals surface area (Å²) >= 11 is 9.39. The van der Waals surface area contributed by atoms with Gasteiger partial charge in [-0.05, 0) is 17.7 Å². The third kappa shape index (κ3) is 4.76. The van der Waals surface area contributed by atoms with E-state index in [1.165, 1.54) is 0 Å². The molecule has 0 N–H and O–H groups in total. The van der Waals surface area contributed by atoms with Gasteiger partial charge in [-0.2, -0.15) is 0 Å². The highest BCUT2D eigenvalue weighted by molar-refractivity contribution is 9.10. The van der Waals surface area contributed by atoms with Crippen LogP contribution in [0.1, 0.15) is 5.56 Å². The molecule has 1 aromatic carbocycles. The summed E-state index contributed by atoms with van der Waals surface area (Å²) in [5.74, 6) is 0.511. The Morgan fingerprint density at radius 3 is 2.22 bits per heavy atom. The van der Waals surface area contributed by atoms with Crippen molar-refractivity contribution in [3.8, 4) is 0 Å². The van der Waals surface area contributed by atoms with Gasteiger partial charge in [0.1, 0.15) is 0 Å². The predicted molar refractivity (Wildman–Crippen MR) is 79.7 cm³/mol. The molecule has 0 aromatic heterocycles. The largest absolute Gasteiger partial charge is 0.383 e. The lowest BCUT2D eigenvalue weighted by Crippen LogP contribution is -2.30. The highest BCUT2D eigenvalue weighted by Crippen LogP contribution is 2.25. The second-order valence-corrected chi connectivity index (χ2v) is 5.00. The molecule has 1 rings (SSSR count). The number of benzene rings is 1. The molecule has 0 heterocycles. The Hall–Kier alpha value is -0.290. The average molecular weight is 337 g/mol. The van der Waals surface area contributed by atoms with Crippen LogP contribution in [0.5, 0.6) is 0 Å². The number of nitrogens with zero attached hydrogens (tertiary/aromatic N) is 1. The van der Waals surface area contributed by atoms with Crippen molar-refractivity contribution in [1.29, 1.82) is 0 Å². The third-order valence-electron chi connectivity index (χ3n) is 2.68. The van der Waals surface area contributed by atoms with E-state index in [-0.39, 0.29) is 0 Å². The van der Waals surface area contributed by atoms with Crippen molar-refractivity contribution >= 4 is 33.2 Å². The SMILES string of the molecule is COCCN(CCOC)c1ccc(CCl)c(Br)c1. The van der Waals surface area contributed by atoms with E-state index in [4.69, 9.17) is 21.1 Å². The van der Waals surface area contributed by atoms with E-state index in [0.29, 0.717) is 19.1 Å². The molecule has 1 aromatic rings. The van der Waals surface area contributed by atoms with Crippen LogP contribution >= 0.6 is 27.5 Å². The van der Waals surface area contributed by atoms with Crippen molar-refractivity contribution < 1.29 is 9.47 Å². The molecule has 0 saturated carbocycles. The standard InChI is InChI=1S/C13H19BrClNO2/c1-17-7-5-16(6-8-18-2)12-4-3-11(10-15)13(14)9-12/h3-4,9H,5-8,10H2,1-2H3. The van der Waals surface area contributed by atoms with Gasteiger partial charge in [-0.3, -0.25) is 0 Å². The third-order valence-corrected chi connectivity index (χ3v) is 3.70. The van der Waals surface area contributed by atoms with Crippen molar-refractivity contribution in [2.45, 2.75) is 5.88 Å². The van der Waals surface area contributed by atoms with Crippen molar-refractivity contribution in [1.82, 2.24) is 0 Å². The van der Waals surface area contributed by atoms with Crippen LogP contribution in [-0.2, 0) is 15.4 Å². The molecular formula is C13H19BrClNO2. The number of anilines is 1. The van der Waals surface area contributed by atoms with E-state index < -0.39 is 0 Å². The van der Waals surface area contributed by atoms with Gasteiger partial charge in [0.25, 0.3) is 0 Å². The van der Waals surface area contributed by atoms with E-state index >= 15 is 0 Å². The topological polar surface area (TPSA) is 21.7 Å². The quantitative estimate of drug-likeness (QED) is 0.680. The van der Waals surface area contributed by atoms with Crippen LogP contribution < -0.4 is 4.90 Å². The molecule has 0 aliphatic rings. The minimum Gasteiger partial charge on any atom is -0.383 e. The summed E-state index contributed by atoms with van der Waals surface area (Å²) in [4.78, 5) is 2.23. The van der Waals surface area contributed by atoms with E-state index in [2.05, 4.69) is 33.0 Å². The minimum atomic E-state index is 0.511. The Morgan fingerprint density at radius 1 is 1.17 bits per heavy atom. The second-order valence-electron chi connectivity index (χ2n) is 3.88. The van der Waals surface area contributed by atoms with Gasteiger partial charge in [-0.25, -0.2) is 0 Å². The summed E-state index contributed by atoms with van der Waals surface area (Å²) in [6, 6.07) is 6.20. The monoisotopic (exact) mass is 335 g/mol. The zero-order valence-corrected chi connectivity index (χ0v) is 13.1.